The number of ketones is 1. The summed E-state index contributed by atoms with van der Waals surface area (Å²) in [5, 5.41) is 9.93. The van der Waals surface area contributed by atoms with Crippen molar-refractivity contribution in [2.75, 3.05) is 0 Å². The van der Waals surface area contributed by atoms with Crippen LogP contribution in [0.1, 0.15) is 35.1 Å². The Kier molecular flexibility index (Phi) is 5.74. The van der Waals surface area contributed by atoms with Crippen molar-refractivity contribution in [3.63, 3.8) is 0 Å². The van der Waals surface area contributed by atoms with Crippen molar-refractivity contribution in [3.05, 3.63) is 56.3 Å². The van der Waals surface area contributed by atoms with Crippen LogP contribution in [-0.4, -0.2) is 21.4 Å². The molecular weight excluding hydrogens is 361 g/mol. The molecule has 0 amide bonds. The van der Waals surface area contributed by atoms with E-state index in [0.29, 0.717) is 28.5 Å². The van der Waals surface area contributed by atoms with Gasteiger partial charge in [-0.1, -0.05) is 41.7 Å². The van der Waals surface area contributed by atoms with Gasteiger partial charge in [-0.3, -0.25) is 9.59 Å². The first-order chi connectivity index (χ1) is 10.8. The van der Waals surface area contributed by atoms with Crippen molar-refractivity contribution >= 4 is 46.6 Å². The van der Waals surface area contributed by atoms with E-state index in [1.807, 2.05) is 6.92 Å². The molecule has 1 aromatic heterocycles. The number of carboxylic acids is 1. The molecular formula is C16H14Cl3NO3. The van der Waals surface area contributed by atoms with Crippen LogP contribution >= 0.6 is 34.8 Å². The Balaban J connectivity index is 2.50. The van der Waals surface area contributed by atoms with E-state index in [-0.39, 0.29) is 22.2 Å². The maximum atomic E-state index is 12.7. The molecule has 1 aromatic carbocycles. The van der Waals surface area contributed by atoms with Gasteiger partial charge in [-0.15, -0.1) is 0 Å². The van der Waals surface area contributed by atoms with E-state index in [9.17, 15) is 9.59 Å². The van der Waals surface area contributed by atoms with Gasteiger partial charge in [-0.2, -0.15) is 0 Å². The van der Waals surface area contributed by atoms with E-state index >= 15 is 0 Å². The van der Waals surface area contributed by atoms with Crippen molar-refractivity contribution in [3.8, 4) is 0 Å². The molecule has 0 aliphatic rings. The number of hydrogen-bond acceptors (Lipinski definition) is 2. The molecule has 23 heavy (non-hydrogen) atoms. The van der Waals surface area contributed by atoms with Gasteiger partial charge in [0.2, 0.25) is 5.78 Å². The standard InChI is InChI=1S/C16H14Cl3NO3/c1-2-5-20-13(8-15(21)22)12(19)7-14(20)16(23)9-3-4-10(17)11(18)6-9/h3-4,6-7H,2,5,8H2,1H3,(H,21,22). The van der Waals surface area contributed by atoms with Crippen LogP contribution in [-0.2, 0) is 17.8 Å². The zero-order valence-corrected chi connectivity index (χ0v) is 14.5. The van der Waals surface area contributed by atoms with Crippen molar-refractivity contribution in [2.45, 2.75) is 26.3 Å². The summed E-state index contributed by atoms with van der Waals surface area (Å²) in [6.45, 7) is 2.43. The third kappa shape index (κ3) is 3.89. The lowest BCUT2D eigenvalue weighted by atomic mass is 10.1. The average molecular weight is 375 g/mol. The molecule has 1 N–H and O–H groups in total. The molecule has 0 saturated carbocycles. The molecule has 0 bridgehead atoms. The number of aromatic nitrogens is 1. The van der Waals surface area contributed by atoms with Gasteiger partial charge in [0.1, 0.15) is 0 Å². The fourth-order valence-electron chi connectivity index (χ4n) is 2.33. The van der Waals surface area contributed by atoms with Gasteiger partial charge >= 0.3 is 5.97 Å². The van der Waals surface area contributed by atoms with Gasteiger partial charge in [0.05, 0.1) is 27.2 Å². The maximum absolute atomic E-state index is 12.7. The summed E-state index contributed by atoms with van der Waals surface area (Å²) in [7, 11) is 0. The lowest BCUT2D eigenvalue weighted by Gasteiger charge is -2.11. The molecule has 4 nitrogen and oxygen atoms in total. The van der Waals surface area contributed by atoms with Crippen molar-refractivity contribution in [1.82, 2.24) is 4.57 Å². The predicted molar refractivity (Wildman–Crippen MR) is 91.0 cm³/mol. The molecule has 0 aliphatic heterocycles. The fraction of sp³-hybridized carbons (Fsp3) is 0.250. The molecule has 0 spiro atoms. The second-order valence-electron chi connectivity index (χ2n) is 5.00. The molecule has 0 fully saturated rings. The highest BCUT2D eigenvalue weighted by molar-refractivity contribution is 6.42. The summed E-state index contributed by atoms with van der Waals surface area (Å²) in [4.78, 5) is 23.7. The van der Waals surface area contributed by atoms with Crippen LogP contribution in [0.25, 0.3) is 0 Å². The number of carbonyl (C=O) groups is 2. The Morgan fingerprint density at radius 2 is 1.78 bits per heavy atom. The number of hydrogen-bond donors (Lipinski definition) is 1. The van der Waals surface area contributed by atoms with E-state index < -0.39 is 5.97 Å². The third-order valence-electron chi connectivity index (χ3n) is 3.34. The number of nitrogens with zero attached hydrogens (tertiary/aromatic N) is 1. The van der Waals surface area contributed by atoms with Gasteiger partial charge in [0.15, 0.2) is 0 Å². The SMILES string of the molecule is CCCn1c(C(=O)c2ccc(Cl)c(Cl)c2)cc(Cl)c1CC(=O)O. The third-order valence-corrected chi connectivity index (χ3v) is 4.40. The van der Waals surface area contributed by atoms with E-state index in [2.05, 4.69) is 0 Å². The van der Waals surface area contributed by atoms with Crippen LogP contribution in [0.2, 0.25) is 15.1 Å². The average Bonchev–Trinajstić information content (AvgIpc) is 2.78. The Morgan fingerprint density at radius 1 is 1.09 bits per heavy atom. The first kappa shape index (κ1) is 17.9. The largest absolute Gasteiger partial charge is 0.481 e. The molecule has 2 aromatic rings. The number of aliphatic carboxylic acids is 1. The highest BCUT2D eigenvalue weighted by Gasteiger charge is 2.21. The van der Waals surface area contributed by atoms with E-state index in [1.54, 1.807) is 16.7 Å². The molecule has 0 saturated heterocycles. The summed E-state index contributed by atoms with van der Waals surface area (Å²) >= 11 is 18.0. The maximum Gasteiger partial charge on any atom is 0.309 e. The first-order valence-electron chi connectivity index (χ1n) is 6.94. The number of carboxylic acid groups (broad SMARTS) is 1. The monoisotopic (exact) mass is 373 g/mol. The number of rotatable bonds is 6. The predicted octanol–water partition coefficient (Wildman–Crippen LogP) is 4.72. The van der Waals surface area contributed by atoms with Crippen LogP contribution in [0.4, 0.5) is 0 Å². The Hall–Kier alpha value is -1.49. The summed E-state index contributed by atoms with van der Waals surface area (Å²) in [5.41, 5.74) is 1.13. The van der Waals surface area contributed by atoms with Gasteiger partial charge in [0.25, 0.3) is 0 Å². The fourth-order valence-corrected chi connectivity index (χ4v) is 2.90. The normalized spacial score (nSPS) is 10.8. The molecule has 0 radical (unpaired) electrons. The highest BCUT2D eigenvalue weighted by atomic mass is 35.5. The lowest BCUT2D eigenvalue weighted by molar-refractivity contribution is -0.136. The van der Waals surface area contributed by atoms with Crippen LogP contribution in [0, 0.1) is 0 Å². The van der Waals surface area contributed by atoms with Crippen LogP contribution < -0.4 is 0 Å². The number of benzene rings is 1. The highest BCUT2D eigenvalue weighted by Crippen LogP contribution is 2.27. The summed E-state index contributed by atoms with van der Waals surface area (Å²) in [6.07, 6.45) is 0.493. The van der Waals surface area contributed by atoms with E-state index in [0.717, 1.165) is 6.42 Å². The second-order valence-corrected chi connectivity index (χ2v) is 6.23. The molecule has 0 atom stereocenters. The zero-order valence-electron chi connectivity index (χ0n) is 12.3. The van der Waals surface area contributed by atoms with E-state index in [4.69, 9.17) is 39.9 Å². The summed E-state index contributed by atoms with van der Waals surface area (Å²) < 4.78 is 1.65. The number of halogens is 3. The molecule has 7 heteroatoms. The quantitative estimate of drug-likeness (QED) is 0.744. The minimum Gasteiger partial charge on any atom is -0.481 e. The Morgan fingerprint density at radius 3 is 2.35 bits per heavy atom. The van der Waals surface area contributed by atoms with Gasteiger partial charge < -0.3 is 9.67 Å². The molecule has 122 valence electrons. The van der Waals surface area contributed by atoms with Crippen molar-refractivity contribution in [1.29, 1.82) is 0 Å². The minimum absolute atomic E-state index is 0.243. The van der Waals surface area contributed by atoms with Gasteiger partial charge in [-0.25, -0.2) is 0 Å². The summed E-state index contributed by atoms with van der Waals surface area (Å²) in [6, 6.07) is 6.11. The summed E-state index contributed by atoms with van der Waals surface area (Å²) in [5.74, 6) is -1.29. The van der Waals surface area contributed by atoms with Crippen LogP contribution in [0.3, 0.4) is 0 Å². The smallest absolute Gasteiger partial charge is 0.309 e. The Labute approximate surface area is 148 Å². The Bertz CT molecular complexity index is 768. The minimum atomic E-state index is -1.00. The first-order valence-corrected chi connectivity index (χ1v) is 8.08. The molecule has 0 aliphatic carbocycles. The van der Waals surface area contributed by atoms with Gasteiger partial charge in [0, 0.05) is 17.8 Å². The molecule has 0 unspecified atom stereocenters. The van der Waals surface area contributed by atoms with Crippen LogP contribution in [0.5, 0.6) is 0 Å². The second kappa shape index (κ2) is 7.39. The number of carbonyl (C=O) groups excluding carboxylic acids is 1. The van der Waals surface area contributed by atoms with Crippen LogP contribution in [0.15, 0.2) is 24.3 Å². The van der Waals surface area contributed by atoms with Crippen molar-refractivity contribution in [2.24, 2.45) is 0 Å². The topological polar surface area (TPSA) is 59.3 Å². The molecule has 2 rings (SSSR count). The lowest BCUT2D eigenvalue weighted by Crippen LogP contribution is -2.14. The van der Waals surface area contributed by atoms with Gasteiger partial charge in [-0.05, 0) is 30.7 Å². The van der Waals surface area contributed by atoms with E-state index in [1.165, 1.54) is 12.1 Å². The van der Waals surface area contributed by atoms with Crippen molar-refractivity contribution < 1.29 is 14.7 Å². The zero-order chi connectivity index (χ0) is 17.1. The molecule has 1 heterocycles.